The summed E-state index contributed by atoms with van der Waals surface area (Å²) in [6.45, 7) is 10.5. The van der Waals surface area contributed by atoms with E-state index in [4.69, 9.17) is 0 Å². The summed E-state index contributed by atoms with van der Waals surface area (Å²) >= 11 is 0. The van der Waals surface area contributed by atoms with Crippen LogP contribution in [0.5, 0.6) is 0 Å². The predicted octanol–water partition coefficient (Wildman–Crippen LogP) is 1.73. The van der Waals surface area contributed by atoms with Crippen LogP contribution in [0.3, 0.4) is 0 Å². The Kier molecular flexibility index (Phi) is 4.49. The third kappa shape index (κ3) is 3.43. The number of hydrogen-bond acceptors (Lipinski definition) is 4. The minimum absolute atomic E-state index is 0.0752. The highest BCUT2D eigenvalue weighted by atomic mass is 16.2. The van der Waals surface area contributed by atoms with Gasteiger partial charge in [-0.1, -0.05) is 13.8 Å². The van der Waals surface area contributed by atoms with Gasteiger partial charge in [0.05, 0.1) is 17.3 Å². The fourth-order valence-electron chi connectivity index (χ4n) is 2.69. The summed E-state index contributed by atoms with van der Waals surface area (Å²) in [7, 11) is 0. The van der Waals surface area contributed by atoms with Crippen LogP contribution in [-0.2, 0) is 4.79 Å². The zero-order valence-electron chi connectivity index (χ0n) is 13.9. The zero-order chi connectivity index (χ0) is 16.5. The molecule has 1 aliphatic heterocycles. The molecule has 0 radical (unpaired) electrons. The van der Waals surface area contributed by atoms with E-state index in [0.29, 0.717) is 18.5 Å². The van der Waals surface area contributed by atoms with Crippen molar-refractivity contribution >= 4 is 11.8 Å². The Hall–Kier alpha value is -1.98. The van der Waals surface area contributed by atoms with Crippen molar-refractivity contribution in [3.63, 3.8) is 0 Å². The lowest BCUT2D eigenvalue weighted by Gasteiger charge is -2.32. The quantitative estimate of drug-likeness (QED) is 0.922. The Morgan fingerprint density at radius 3 is 2.64 bits per heavy atom. The van der Waals surface area contributed by atoms with Crippen LogP contribution in [0.25, 0.3) is 0 Å². The van der Waals surface area contributed by atoms with Gasteiger partial charge >= 0.3 is 0 Å². The molecule has 1 unspecified atom stereocenters. The van der Waals surface area contributed by atoms with Gasteiger partial charge in [0.2, 0.25) is 5.91 Å². The fourth-order valence-corrected chi connectivity index (χ4v) is 2.69. The molecule has 1 fully saturated rings. The van der Waals surface area contributed by atoms with Crippen LogP contribution in [0.15, 0.2) is 12.5 Å². The highest BCUT2D eigenvalue weighted by Gasteiger charge is 2.37. The van der Waals surface area contributed by atoms with Crippen molar-refractivity contribution in [2.75, 3.05) is 6.54 Å². The SMILES string of the molecule is CC(C)c1ncncc1C(=O)NC1CC(=O)N(C(C)(C)C)C1. The van der Waals surface area contributed by atoms with Crippen molar-refractivity contribution in [1.82, 2.24) is 20.2 Å². The first-order valence-corrected chi connectivity index (χ1v) is 7.61. The molecule has 1 saturated heterocycles. The van der Waals surface area contributed by atoms with Crippen LogP contribution in [0.1, 0.15) is 63.0 Å². The first-order valence-electron chi connectivity index (χ1n) is 7.61. The van der Waals surface area contributed by atoms with Gasteiger partial charge in [-0.2, -0.15) is 0 Å². The second kappa shape index (κ2) is 6.02. The molecule has 1 aliphatic rings. The van der Waals surface area contributed by atoms with E-state index in [-0.39, 0.29) is 29.3 Å². The number of aromatic nitrogens is 2. The summed E-state index contributed by atoms with van der Waals surface area (Å²) in [6.07, 6.45) is 3.33. The molecule has 0 aliphatic carbocycles. The maximum absolute atomic E-state index is 12.5. The van der Waals surface area contributed by atoms with E-state index in [1.54, 1.807) is 0 Å². The van der Waals surface area contributed by atoms with Gasteiger partial charge in [0.15, 0.2) is 0 Å². The number of hydrogen-bond donors (Lipinski definition) is 1. The summed E-state index contributed by atoms with van der Waals surface area (Å²) < 4.78 is 0. The number of carbonyl (C=O) groups is 2. The molecule has 6 heteroatoms. The molecule has 2 rings (SSSR count). The molecule has 2 heterocycles. The molecule has 0 spiro atoms. The standard InChI is InChI=1S/C16H24N4O2/c1-10(2)14-12(7-17-9-18-14)15(22)19-11-6-13(21)20(8-11)16(3,4)5/h7,9-11H,6,8H2,1-5H3,(H,19,22). The Morgan fingerprint density at radius 2 is 2.09 bits per heavy atom. The second-order valence-electron chi connectivity index (χ2n) is 7.03. The van der Waals surface area contributed by atoms with E-state index in [2.05, 4.69) is 15.3 Å². The Morgan fingerprint density at radius 1 is 1.41 bits per heavy atom. The zero-order valence-corrected chi connectivity index (χ0v) is 13.9. The van der Waals surface area contributed by atoms with E-state index in [1.165, 1.54) is 12.5 Å². The van der Waals surface area contributed by atoms with Crippen molar-refractivity contribution in [3.8, 4) is 0 Å². The van der Waals surface area contributed by atoms with Gasteiger partial charge in [0, 0.05) is 24.7 Å². The summed E-state index contributed by atoms with van der Waals surface area (Å²) in [4.78, 5) is 34.5. The first-order chi connectivity index (χ1) is 10.2. The molecule has 1 N–H and O–H groups in total. The van der Waals surface area contributed by atoms with Gasteiger partial charge in [0.25, 0.3) is 5.91 Å². The van der Waals surface area contributed by atoms with Crippen LogP contribution in [0, 0.1) is 0 Å². The minimum Gasteiger partial charge on any atom is -0.347 e. The van der Waals surface area contributed by atoms with Crippen molar-refractivity contribution in [2.24, 2.45) is 0 Å². The fraction of sp³-hybridized carbons (Fsp3) is 0.625. The number of carbonyl (C=O) groups excluding carboxylic acids is 2. The molecule has 2 amide bonds. The lowest BCUT2D eigenvalue weighted by molar-refractivity contribution is -0.131. The lowest BCUT2D eigenvalue weighted by Crippen LogP contribution is -2.44. The third-order valence-corrected chi connectivity index (χ3v) is 3.80. The van der Waals surface area contributed by atoms with Crippen LogP contribution in [0.4, 0.5) is 0 Å². The van der Waals surface area contributed by atoms with Gasteiger partial charge in [-0.25, -0.2) is 9.97 Å². The van der Waals surface area contributed by atoms with Gasteiger partial charge in [-0.3, -0.25) is 9.59 Å². The average molecular weight is 304 g/mol. The Labute approximate surface area is 131 Å². The lowest BCUT2D eigenvalue weighted by atomic mass is 10.0. The number of rotatable bonds is 3. The van der Waals surface area contributed by atoms with E-state index in [9.17, 15) is 9.59 Å². The van der Waals surface area contributed by atoms with E-state index >= 15 is 0 Å². The monoisotopic (exact) mass is 304 g/mol. The van der Waals surface area contributed by atoms with E-state index < -0.39 is 0 Å². The van der Waals surface area contributed by atoms with Gasteiger partial charge in [-0.15, -0.1) is 0 Å². The Balaban J connectivity index is 2.10. The number of nitrogens with one attached hydrogen (secondary N) is 1. The van der Waals surface area contributed by atoms with E-state index in [0.717, 1.165) is 5.69 Å². The molecular weight excluding hydrogens is 280 g/mol. The molecule has 0 aromatic carbocycles. The van der Waals surface area contributed by atoms with Crippen molar-refractivity contribution in [2.45, 2.75) is 58.5 Å². The van der Waals surface area contributed by atoms with E-state index in [1.807, 2.05) is 39.5 Å². The molecule has 6 nitrogen and oxygen atoms in total. The smallest absolute Gasteiger partial charge is 0.255 e. The van der Waals surface area contributed by atoms with Gasteiger partial charge in [0.1, 0.15) is 6.33 Å². The van der Waals surface area contributed by atoms with Crippen LogP contribution in [0.2, 0.25) is 0 Å². The van der Waals surface area contributed by atoms with Crippen LogP contribution in [-0.4, -0.2) is 44.8 Å². The second-order valence-corrected chi connectivity index (χ2v) is 7.03. The summed E-state index contributed by atoms with van der Waals surface area (Å²) in [6, 6.07) is -0.167. The number of likely N-dealkylation sites (tertiary alicyclic amines) is 1. The summed E-state index contributed by atoms with van der Waals surface area (Å²) in [5, 5.41) is 2.94. The molecule has 1 aromatic heterocycles. The molecule has 22 heavy (non-hydrogen) atoms. The average Bonchev–Trinajstić information content (AvgIpc) is 2.79. The number of nitrogens with zero attached hydrogens (tertiary/aromatic N) is 3. The van der Waals surface area contributed by atoms with Crippen molar-refractivity contribution in [1.29, 1.82) is 0 Å². The van der Waals surface area contributed by atoms with Crippen molar-refractivity contribution in [3.05, 3.63) is 23.8 Å². The summed E-state index contributed by atoms with van der Waals surface area (Å²) in [5.74, 6) is 0.00378. The molecular formula is C16H24N4O2. The highest BCUT2D eigenvalue weighted by molar-refractivity contribution is 5.96. The minimum atomic E-state index is -0.227. The topological polar surface area (TPSA) is 75.2 Å². The number of amides is 2. The highest BCUT2D eigenvalue weighted by Crippen LogP contribution is 2.22. The van der Waals surface area contributed by atoms with Crippen molar-refractivity contribution < 1.29 is 9.59 Å². The van der Waals surface area contributed by atoms with Crippen LogP contribution < -0.4 is 5.32 Å². The third-order valence-electron chi connectivity index (χ3n) is 3.80. The molecule has 120 valence electrons. The molecule has 0 bridgehead atoms. The first kappa shape index (κ1) is 16.4. The van der Waals surface area contributed by atoms with Gasteiger partial charge in [-0.05, 0) is 26.7 Å². The predicted molar refractivity (Wildman–Crippen MR) is 83.5 cm³/mol. The maximum Gasteiger partial charge on any atom is 0.255 e. The largest absolute Gasteiger partial charge is 0.347 e. The maximum atomic E-state index is 12.5. The Bertz CT molecular complexity index is 578. The summed E-state index contributed by atoms with van der Waals surface area (Å²) in [5.41, 5.74) is 0.985. The molecule has 0 saturated carbocycles. The van der Waals surface area contributed by atoms with Crippen LogP contribution >= 0.6 is 0 Å². The molecule has 1 aromatic rings. The van der Waals surface area contributed by atoms with Gasteiger partial charge < -0.3 is 10.2 Å². The molecule has 1 atom stereocenters. The normalized spacial score (nSPS) is 18.9.